The van der Waals surface area contributed by atoms with Crippen molar-refractivity contribution in [3.05, 3.63) is 17.0 Å². The minimum Gasteiger partial charge on any atom is -0.369 e. The highest BCUT2D eigenvalue weighted by Gasteiger charge is 2.06. The lowest BCUT2D eigenvalue weighted by atomic mass is 10.2. The monoisotopic (exact) mass is 269 g/mol. The van der Waals surface area contributed by atoms with Gasteiger partial charge in [-0.15, -0.1) is 18.2 Å². The molecule has 5 heteroatoms. The molecule has 0 saturated heterocycles. The minimum absolute atomic E-state index is 0.269. The summed E-state index contributed by atoms with van der Waals surface area (Å²) in [6, 6.07) is 1.74. The van der Waals surface area contributed by atoms with Crippen molar-refractivity contribution >= 4 is 29.2 Å². The second-order valence-corrected chi connectivity index (χ2v) is 5.26. The van der Waals surface area contributed by atoms with Gasteiger partial charge in [-0.2, -0.15) is 0 Å². The van der Waals surface area contributed by atoms with E-state index in [2.05, 4.69) is 21.2 Å². The van der Waals surface area contributed by atoms with Crippen LogP contribution in [-0.2, 0) is 0 Å². The normalized spacial score (nSPS) is 10.3. The summed E-state index contributed by atoms with van der Waals surface area (Å²) in [4.78, 5) is 8.57. The van der Waals surface area contributed by atoms with Gasteiger partial charge in [0.2, 0.25) is 0 Å². The summed E-state index contributed by atoms with van der Waals surface area (Å²) in [6.45, 7) is 4.90. The molecule has 0 aromatic carbocycles. The summed E-state index contributed by atoms with van der Waals surface area (Å²) in [5.41, 5.74) is 0. The summed E-state index contributed by atoms with van der Waals surface area (Å²) in [5.74, 6) is 6.08. The summed E-state index contributed by atoms with van der Waals surface area (Å²) in [6.07, 6.45) is 5.17. The first-order valence-corrected chi connectivity index (χ1v) is 6.96. The number of terminal acetylenes is 1. The van der Waals surface area contributed by atoms with Gasteiger partial charge in [-0.25, -0.2) is 9.97 Å². The zero-order valence-electron chi connectivity index (χ0n) is 10.0. The molecule has 0 unspecified atom stereocenters. The number of thioether (sulfide) groups is 1. The van der Waals surface area contributed by atoms with Crippen LogP contribution in [0.15, 0.2) is 6.07 Å². The SMILES string of the molecule is C#CCSCCNc1cc(Cl)nc(C(C)C)n1. The van der Waals surface area contributed by atoms with E-state index in [4.69, 9.17) is 18.0 Å². The minimum atomic E-state index is 0.269. The number of aromatic nitrogens is 2. The number of nitrogens with one attached hydrogen (secondary N) is 1. The molecule has 1 aromatic heterocycles. The highest BCUT2D eigenvalue weighted by molar-refractivity contribution is 7.99. The van der Waals surface area contributed by atoms with Crippen LogP contribution in [0.3, 0.4) is 0 Å². The fourth-order valence-electron chi connectivity index (χ4n) is 1.17. The lowest BCUT2D eigenvalue weighted by Gasteiger charge is -2.09. The van der Waals surface area contributed by atoms with Crippen LogP contribution < -0.4 is 5.32 Å². The van der Waals surface area contributed by atoms with E-state index in [1.54, 1.807) is 17.8 Å². The Morgan fingerprint density at radius 2 is 2.29 bits per heavy atom. The highest BCUT2D eigenvalue weighted by Crippen LogP contribution is 2.16. The van der Waals surface area contributed by atoms with E-state index < -0.39 is 0 Å². The van der Waals surface area contributed by atoms with E-state index in [0.717, 1.165) is 29.7 Å². The molecule has 0 fully saturated rings. The molecule has 0 radical (unpaired) electrons. The third kappa shape index (κ3) is 5.29. The van der Waals surface area contributed by atoms with Gasteiger partial charge < -0.3 is 5.32 Å². The van der Waals surface area contributed by atoms with Crippen molar-refractivity contribution in [2.45, 2.75) is 19.8 Å². The van der Waals surface area contributed by atoms with Gasteiger partial charge in [-0.3, -0.25) is 0 Å². The molecule has 0 atom stereocenters. The Kier molecular flexibility index (Phi) is 6.17. The second-order valence-electron chi connectivity index (χ2n) is 3.77. The molecule has 0 aliphatic carbocycles. The molecular formula is C12H16ClN3S. The third-order valence-electron chi connectivity index (χ3n) is 1.97. The van der Waals surface area contributed by atoms with Crippen LogP contribution in [0.5, 0.6) is 0 Å². The number of hydrogen-bond acceptors (Lipinski definition) is 4. The zero-order valence-corrected chi connectivity index (χ0v) is 11.6. The second kappa shape index (κ2) is 7.41. The molecule has 92 valence electrons. The number of halogens is 1. The van der Waals surface area contributed by atoms with Gasteiger partial charge in [0.15, 0.2) is 0 Å². The number of rotatable bonds is 6. The van der Waals surface area contributed by atoms with Crippen LogP contribution in [-0.4, -0.2) is 28.0 Å². The first-order chi connectivity index (χ1) is 8.13. The van der Waals surface area contributed by atoms with Crippen LogP contribution in [0.1, 0.15) is 25.6 Å². The standard InChI is InChI=1S/C12H16ClN3S/c1-4-6-17-7-5-14-11-8-10(13)15-12(16-11)9(2)3/h1,8-9H,5-7H2,2-3H3,(H,14,15,16). The predicted octanol–water partition coefficient (Wildman–Crippen LogP) is 3.03. The summed E-state index contributed by atoms with van der Waals surface area (Å²) < 4.78 is 0. The quantitative estimate of drug-likeness (QED) is 0.489. The summed E-state index contributed by atoms with van der Waals surface area (Å²) in [5, 5.41) is 3.69. The van der Waals surface area contributed by atoms with Crippen molar-refractivity contribution in [1.29, 1.82) is 0 Å². The lowest BCUT2D eigenvalue weighted by Crippen LogP contribution is -2.08. The average molecular weight is 270 g/mol. The van der Waals surface area contributed by atoms with Gasteiger partial charge in [0.25, 0.3) is 0 Å². The van der Waals surface area contributed by atoms with E-state index in [0.29, 0.717) is 5.15 Å². The molecular weight excluding hydrogens is 254 g/mol. The molecule has 1 heterocycles. The van der Waals surface area contributed by atoms with Crippen molar-refractivity contribution in [1.82, 2.24) is 9.97 Å². The fourth-order valence-corrected chi connectivity index (χ4v) is 1.86. The van der Waals surface area contributed by atoms with E-state index in [-0.39, 0.29) is 5.92 Å². The number of hydrogen-bond donors (Lipinski definition) is 1. The Hall–Kier alpha value is -0.920. The van der Waals surface area contributed by atoms with Crippen LogP contribution >= 0.6 is 23.4 Å². The van der Waals surface area contributed by atoms with Crippen LogP contribution in [0.2, 0.25) is 5.15 Å². The van der Waals surface area contributed by atoms with E-state index in [1.165, 1.54) is 0 Å². The van der Waals surface area contributed by atoms with Crippen LogP contribution in [0.25, 0.3) is 0 Å². The molecule has 1 N–H and O–H groups in total. The number of anilines is 1. The third-order valence-corrected chi connectivity index (χ3v) is 3.02. The first-order valence-electron chi connectivity index (χ1n) is 5.43. The average Bonchev–Trinajstić information content (AvgIpc) is 2.28. The maximum absolute atomic E-state index is 5.93. The maximum Gasteiger partial charge on any atom is 0.135 e. The lowest BCUT2D eigenvalue weighted by molar-refractivity contribution is 0.775. The topological polar surface area (TPSA) is 37.8 Å². The molecule has 1 rings (SSSR count). The van der Waals surface area contributed by atoms with Crippen molar-refractivity contribution in [3.63, 3.8) is 0 Å². The maximum atomic E-state index is 5.93. The van der Waals surface area contributed by atoms with Gasteiger partial charge in [0.05, 0.1) is 5.75 Å². The number of nitrogens with zero attached hydrogens (tertiary/aromatic N) is 2. The van der Waals surface area contributed by atoms with Gasteiger partial charge in [0, 0.05) is 24.3 Å². The Morgan fingerprint density at radius 3 is 2.94 bits per heavy atom. The van der Waals surface area contributed by atoms with E-state index >= 15 is 0 Å². The molecule has 0 amide bonds. The van der Waals surface area contributed by atoms with Crippen molar-refractivity contribution in [2.75, 3.05) is 23.4 Å². The van der Waals surface area contributed by atoms with Gasteiger partial charge >= 0.3 is 0 Å². The first kappa shape index (κ1) is 14.1. The van der Waals surface area contributed by atoms with E-state index in [1.807, 2.05) is 13.8 Å². The molecule has 0 aliphatic rings. The Balaban J connectivity index is 2.50. The predicted molar refractivity (Wildman–Crippen MR) is 75.8 cm³/mol. The van der Waals surface area contributed by atoms with Crippen LogP contribution in [0, 0.1) is 12.3 Å². The molecule has 0 bridgehead atoms. The smallest absolute Gasteiger partial charge is 0.135 e. The van der Waals surface area contributed by atoms with Gasteiger partial charge in [-0.05, 0) is 0 Å². The van der Waals surface area contributed by atoms with Crippen molar-refractivity contribution in [3.8, 4) is 12.3 Å². The Labute approximate surface area is 112 Å². The molecule has 0 spiro atoms. The Morgan fingerprint density at radius 1 is 1.53 bits per heavy atom. The zero-order chi connectivity index (χ0) is 12.7. The van der Waals surface area contributed by atoms with Gasteiger partial charge in [-0.1, -0.05) is 31.4 Å². The van der Waals surface area contributed by atoms with Crippen molar-refractivity contribution < 1.29 is 0 Å². The summed E-state index contributed by atoms with van der Waals surface area (Å²) in [7, 11) is 0. The van der Waals surface area contributed by atoms with Gasteiger partial charge in [0.1, 0.15) is 16.8 Å². The van der Waals surface area contributed by atoms with Crippen LogP contribution in [0.4, 0.5) is 5.82 Å². The van der Waals surface area contributed by atoms with E-state index in [9.17, 15) is 0 Å². The van der Waals surface area contributed by atoms with Crippen molar-refractivity contribution in [2.24, 2.45) is 0 Å². The largest absolute Gasteiger partial charge is 0.369 e. The molecule has 0 aliphatic heterocycles. The molecule has 1 aromatic rings. The highest BCUT2D eigenvalue weighted by atomic mass is 35.5. The molecule has 3 nitrogen and oxygen atoms in total. The Bertz CT molecular complexity index is 401. The summed E-state index contributed by atoms with van der Waals surface area (Å²) >= 11 is 7.65. The molecule has 17 heavy (non-hydrogen) atoms. The molecule has 0 saturated carbocycles. The fraction of sp³-hybridized carbons (Fsp3) is 0.500.